The third kappa shape index (κ3) is 3.35. The summed E-state index contributed by atoms with van der Waals surface area (Å²) in [5.41, 5.74) is 1.34. The van der Waals surface area contributed by atoms with Gasteiger partial charge in [0.25, 0.3) is 0 Å². The van der Waals surface area contributed by atoms with Gasteiger partial charge in [0.2, 0.25) is 0 Å². The van der Waals surface area contributed by atoms with Crippen molar-refractivity contribution in [2.45, 2.75) is 49.7 Å². The summed E-state index contributed by atoms with van der Waals surface area (Å²) < 4.78 is 0. The summed E-state index contributed by atoms with van der Waals surface area (Å²) in [7, 11) is 0. The number of phenols is 1. The molecule has 1 aromatic rings. The molecule has 0 saturated carbocycles. The van der Waals surface area contributed by atoms with Crippen molar-refractivity contribution in [1.29, 1.82) is 0 Å². The standard InChI is InChI=1S/C20H29N3O.2ClH/c24-17-3-1-2-15(12-17)18-13-23(16-4-8-21-9-5-16)19-14-6-10-22(11-7-14)20(18)19;;/h1-3,12,14,16,18-21,24H,4-11,13H2;2*1H/t18-,19+,20+;;/m0../s1. The number of fused-ring (bicyclic) bond motifs is 2. The van der Waals surface area contributed by atoms with Gasteiger partial charge in [-0.15, -0.1) is 24.8 Å². The highest BCUT2D eigenvalue weighted by Gasteiger charge is 2.54. The van der Waals surface area contributed by atoms with E-state index in [0.717, 1.165) is 18.0 Å². The van der Waals surface area contributed by atoms with Crippen molar-refractivity contribution >= 4 is 24.8 Å². The van der Waals surface area contributed by atoms with Gasteiger partial charge in [-0.1, -0.05) is 12.1 Å². The summed E-state index contributed by atoms with van der Waals surface area (Å²) in [5, 5.41) is 13.5. The van der Waals surface area contributed by atoms with Crippen molar-refractivity contribution in [3.8, 4) is 5.75 Å². The second kappa shape index (κ2) is 8.24. The quantitative estimate of drug-likeness (QED) is 0.801. The lowest BCUT2D eigenvalue weighted by molar-refractivity contribution is -0.0223. The number of hydrogen-bond acceptors (Lipinski definition) is 4. The molecule has 5 fully saturated rings. The molecule has 0 aromatic heterocycles. The van der Waals surface area contributed by atoms with Crippen LogP contribution in [0.4, 0.5) is 0 Å². The normalized spacial score (nSPS) is 36.8. The van der Waals surface area contributed by atoms with E-state index in [0.29, 0.717) is 17.7 Å². The number of piperidine rings is 4. The molecule has 4 nitrogen and oxygen atoms in total. The number of rotatable bonds is 2. The average Bonchev–Trinajstić information content (AvgIpc) is 3.06. The van der Waals surface area contributed by atoms with E-state index in [1.807, 2.05) is 12.1 Å². The first-order valence-corrected chi connectivity index (χ1v) is 9.81. The number of aromatic hydroxyl groups is 1. The predicted octanol–water partition coefficient (Wildman–Crippen LogP) is 2.85. The second-order valence-corrected chi connectivity index (χ2v) is 8.23. The molecule has 5 heterocycles. The number of hydrogen-bond donors (Lipinski definition) is 2. The van der Waals surface area contributed by atoms with Gasteiger partial charge in [-0.3, -0.25) is 9.80 Å². The highest BCUT2D eigenvalue weighted by Crippen LogP contribution is 2.48. The minimum Gasteiger partial charge on any atom is -0.508 e. The molecule has 3 atom stereocenters. The topological polar surface area (TPSA) is 38.7 Å². The summed E-state index contributed by atoms with van der Waals surface area (Å²) >= 11 is 0. The molecular formula is C20H31Cl2N3O. The number of halogens is 2. The van der Waals surface area contributed by atoms with Crippen LogP contribution in [0.2, 0.25) is 0 Å². The fraction of sp³-hybridized carbons (Fsp3) is 0.700. The Bertz CT molecular complexity index is 602. The SMILES string of the molecule is Cl.Cl.Oc1cccc([C@@H]2CN(C3CCNCC3)[C@@H]3C4CCN(CC4)[C@@H]32)c1. The van der Waals surface area contributed by atoms with E-state index in [2.05, 4.69) is 21.2 Å². The van der Waals surface area contributed by atoms with Gasteiger partial charge in [0, 0.05) is 30.6 Å². The molecule has 0 radical (unpaired) electrons. The number of nitrogens with one attached hydrogen (secondary N) is 1. The van der Waals surface area contributed by atoms with Crippen LogP contribution in [0.1, 0.15) is 37.2 Å². The molecule has 0 unspecified atom stereocenters. The van der Waals surface area contributed by atoms with Crippen LogP contribution >= 0.6 is 24.8 Å². The van der Waals surface area contributed by atoms with E-state index in [4.69, 9.17) is 0 Å². The van der Waals surface area contributed by atoms with Crippen molar-refractivity contribution in [3.05, 3.63) is 29.8 Å². The Balaban J connectivity index is 0.000000980. The molecule has 0 spiro atoms. The zero-order valence-corrected chi connectivity index (χ0v) is 16.9. The molecule has 2 bridgehead atoms. The fourth-order valence-electron chi connectivity index (χ4n) is 6.06. The van der Waals surface area contributed by atoms with Crippen LogP contribution in [-0.2, 0) is 0 Å². The fourth-order valence-corrected chi connectivity index (χ4v) is 6.06. The van der Waals surface area contributed by atoms with Crippen molar-refractivity contribution in [3.63, 3.8) is 0 Å². The number of likely N-dealkylation sites (tertiary alicyclic amines) is 1. The maximum Gasteiger partial charge on any atom is 0.115 e. The van der Waals surface area contributed by atoms with Crippen LogP contribution in [0.15, 0.2) is 24.3 Å². The van der Waals surface area contributed by atoms with E-state index in [1.165, 1.54) is 64.0 Å². The van der Waals surface area contributed by atoms with Crippen molar-refractivity contribution in [2.24, 2.45) is 5.92 Å². The molecule has 0 aliphatic carbocycles. The maximum absolute atomic E-state index is 9.98. The number of phenolic OH excluding ortho intramolecular Hbond substituents is 1. The molecule has 1 aromatic carbocycles. The first-order chi connectivity index (χ1) is 11.8. The van der Waals surface area contributed by atoms with E-state index in [-0.39, 0.29) is 24.8 Å². The predicted molar refractivity (Wildman–Crippen MR) is 110 cm³/mol. The lowest BCUT2D eigenvalue weighted by Gasteiger charge is -2.52. The minimum absolute atomic E-state index is 0. The largest absolute Gasteiger partial charge is 0.508 e. The zero-order valence-electron chi connectivity index (χ0n) is 15.2. The maximum atomic E-state index is 9.98. The molecule has 2 N–H and O–H groups in total. The van der Waals surface area contributed by atoms with E-state index >= 15 is 0 Å². The summed E-state index contributed by atoms with van der Waals surface area (Å²) in [6, 6.07) is 10.2. The summed E-state index contributed by atoms with van der Waals surface area (Å²) in [4.78, 5) is 5.65. The Morgan fingerprint density at radius 3 is 2.38 bits per heavy atom. The molecule has 5 saturated heterocycles. The van der Waals surface area contributed by atoms with Crippen molar-refractivity contribution < 1.29 is 5.11 Å². The molecule has 146 valence electrons. The van der Waals surface area contributed by atoms with Gasteiger partial charge < -0.3 is 10.4 Å². The Morgan fingerprint density at radius 1 is 0.962 bits per heavy atom. The summed E-state index contributed by atoms with van der Waals surface area (Å²) in [5.74, 6) is 1.86. The lowest BCUT2D eigenvalue weighted by Crippen LogP contribution is -2.61. The number of benzene rings is 1. The Labute approximate surface area is 169 Å². The monoisotopic (exact) mass is 399 g/mol. The Morgan fingerprint density at radius 2 is 1.69 bits per heavy atom. The highest BCUT2D eigenvalue weighted by molar-refractivity contribution is 5.85. The van der Waals surface area contributed by atoms with Gasteiger partial charge in [0.1, 0.15) is 5.75 Å². The van der Waals surface area contributed by atoms with E-state index in [9.17, 15) is 5.11 Å². The Hall–Kier alpha value is -0.520. The highest BCUT2D eigenvalue weighted by atomic mass is 35.5. The van der Waals surface area contributed by atoms with Crippen LogP contribution < -0.4 is 5.32 Å². The van der Waals surface area contributed by atoms with Crippen LogP contribution in [-0.4, -0.2) is 65.8 Å². The van der Waals surface area contributed by atoms with Gasteiger partial charge in [-0.05, 0) is 75.5 Å². The molecule has 5 aliphatic rings. The van der Waals surface area contributed by atoms with Crippen LogP contribution in [0.3, 0.4) is 0 Å². The van der Waals surface area contributed by atoms with Gasteiger partial charge in [-0.2, -0.15) is 0 Å². The third-order valence-corrected chi connectivity index (χ3v) is 7.11. The smallest absolute Gasteiger partial charge is 0.115 e. The molecule has 6 heteroatoms. The first kappa shape index (κ1) is 20.2. The lowest BCUT2D eigenvalue weighted by atomic mass is 9.75. The van der Waals surface area contributed by atoms with Crippen LogP contribution in [0.25, 0.3) is 0 Å². The zero-order chi connectivity index (χ0) is 16.1. The van der Waals surface area contributed by atoms with E-state index < -0.39 is 0 Å². The summed E-state index contributed by atoms with van der Waals surface area (Å²) in [6.07, 6.45) is 5.36. The van der Waals surface area contributed by atoms with Crippen LogP contribution in [0.5, 0.6) is 5.75 Å². The first-order valence-electron chi connectivity index (χ1n) is 9.81. The van der Waals surface area contributed by atoms with Gasteiger partial charge in [0.05, 0.1) is 0 Å². The molecule has 6 rings (SSSR count). The molecule has 0 amide bonds. The van der Waals surface area contributed by atoms with Gasteiger partial charge in [-0.25, -0.2) is 0 Å². The van der Waals surface area contributed by atoms with Gasteiger partial charge >= 0.3 is 0 Å². The van der Waals surface area contributed by atoms with Crippen molar-refractivity contribution in [1.82, 2.24) is 15.1 Å². The molecule has 26 heavy (non-hydrogen) atoms. The summed E-state index contributed by atoms with van der Waals surface area (Å²) in [6.45, 7) is 6.08. The Kier molecular flexibility index (Phi) is 6.41. The second-order valence-electron chi connectivity index (χ2n) is 8.23. The minimum atomic E-state index is 0. The van der Waals surface area contributed by atoms with E-state index in [1.54, 1.807) is 6.07 Å². The average molecular weight is 400 g/mol. The molecule has 5 aliphatic heterocycles. The van der Waals surface area contributed by atoms with Crippen LogP contribution in [0, 0.1) is 5.92 Å². The molecular weight excluding hydrogens is 369 g/mol. The van der Waals surface area contributed by atoms with Crippen molar-refractivity contribution in [2.75, 3.05) is 32.7 Å². The third-order valence-electron chi connectivity index (χ3n) is 7.11. The number of nitrogens with zero attached hydrogens (tertiary/aromatic N) is 2. The van der Waals surface area contributed by atoms with Gasteiger partial charge in [0.15, 0.2) is 0 Å².